The predicted octanol–water partition coefficient (Wildman–Crippen LogP) is 4.07. The van der Waals surface area contributed by atoms with Crippen molar-refractivity contribution in [2.24, 2.45) is 0 Å². The first kappa shape index (κ1) is 17.1. The molecule has 3 heterocycles. The van der Waals surface area contributed by atoms with Crippen molar-refractivity contribution in [1.82, 2.24) is 9.88 Å². The van der Waals surface area contributed by atoms with E-state index in [1.165, 1.54) is 50.9 Å². The minimum absolute atomic E-state index is 0.599. The first-order chi connectivity index (χ1) is 12.8. The molecule has 0 atom stereocenters. The van der Waals surface area contributed by atoms with Gasteiger partial charge >= 0.3 is 0 Å². The van der Waals surface area contributed by atoms with Gasteiger partial charge in [-0.15, -0.1) is 0 Å². The van der Waals surface area contributed by atoms with Crippen molar-refractivity contribution in [2.75, 3.05) is 31.1 Å². The molecule has 0 N–H and O–H groups in total. The van der Waals surface area contributed by atoms with Gasteiger partial charge < -0.3 is 9.80 Å². The second-order valence-electron chi connectivity index (χ2n) is 7.41. The van der Waals surface area contributed by atoms with Gasteiger partial charge in [0.25, 0.3) is 0 Å². The van der Waals surface area contributed by atoms with Gasteiger partial charge in [0.1, 0.15) is 6.07 Å². The number of hydrogen-bond acceptors (Lipinski definition) is 4. The van der Waals surface area contributed by atoms with Gasteiger partial charge in [-0.1, -0.05) is 18.6 Å². The number of piperidine rings is 2. The monoisotopic (exact) mass is 346 g/mol. The molecule has 1 aromatic heterocycles. The highest BCUT2D eigenvalue weighted by Crippen LogP contribution is 2.26. The molecule has 26 heavy (non-hydrogen) atoms. The molecule has 1 aromatic carbocycles. The van der Waals surface area contributed by atoms with Crippen molar-refractivity contribution >= 4 is 5.69 Å². The zero-order valence-corrected chi connectivity index (χ0v) is 15.3. The topological polar surface area (TPSA) is 43.2 Å². The highest BCUT2D eigenvalue weighted by atomic mass is 15.2. The van der Waals surface area contributed by atoms with Gasteiger partial charge in [0.05, 0.1) is 11.3 Å². The van der Waals surface area contributed by atoms with Crippen LogP contribution in [0.4, 0.5) is 5.69 Å². The number of benzene rings is 1. The molecule has 0 amide bonds. The van der Waals surface area contributed by atoms with Crippen molar-refractivity contribution in [2.45, 2.75) is 38.1 Å². The van der Waals surface area contributed by atoms with Crippen LogP contribution in [0.5, 0.6) is 0 Å². The number of likely N-dealkylation sites (tertiary alicyclic amines) is 1. The van der Waals surface area contributed by atoms with Gasteiger partial charge in [0, 0.05) is 36.6 Å². The molecule has 4 rings (SSSR count). The summed E-state index contributed by atoms with van der Waals surface area (Å²) in [6.07, 6.45) is 8.36. The Morgan fingerprint density at radius 3 is 2.23 bits per heavy atom. The quantitative estimate of drug-likeness (QED) is 0.840. The molecular weight excluding hydrogens is 320 g/mol. The van der Waals surface area contributed by atoms with E-state index in [1.807, 2.05) is 12.1 Å². The predicted molar refractivity (Wildman–Crippen MR) is 105 cm³/mol. The molecule has 2 aliphatic rings. The third-order valence-electron chi connectivity index (χ3n) is 5.79. The van der Waals surface area contributed by atoms with Gasteiger partial charge in [-0.2, -0.15) is 5.26 Å². The Morgan fingerprint density at radius 2 is 1.62 bits per heavy atom. The van der Waals surface area contributed by atoms with Gasteiger partial charge in [0.15, 0.2) is 0 Å². The van der Waals surface area contributed by atoms with Crippen LogP contribution in [0.3, 0.4) is 0 Å². The molecule has 4 heteroatoms. The normalized spacial score (nSPS) is 19.3. The Hall–Kier alpha value is -2.38. The Morgan fingerprint density at radius 1 is 0.885 bits per heavy atom. The van der Waals surface area contributed by atoms with E-state index in [0.717, 1.165) is 30.4 Å². The van der Waals surface area contributed by atoms with Crippen LogP contribution in [0.2, 0.25) is 0 Å². The van der Waals surface area contributed by atoms with Crippen LogP contribution >= 0.6 is 0 Å². The first-order valence-corrected chi connectivity index (χ1v) is 9.79. The fraction of sp³-hybridized carbons (Fsp3) is 0.455. The number of hydrogen-bond donors (Lipinski definition) is 0. The largest absolute Gasteiger partial charge is 0.371 e. The fourth-order valence-electron chi connectivity index (χ4n) is 4.25. The first-order valence-electron chi connectivity index (χ1n) is 9.79. The van der Waals surface area contributed by atoms with Crippen molar-refractivity contribution in [3.8, 4) is 17.3 Å². The van der Waals surface area contributed by atoms with Crippen LogP contribution in [0.1, 0.15) is 37.7 Å². The number of pyridine rings is 1. The highest BCUT2D eigenvalue weighted by molar-refractivity contribution is 5.63. The molecule has 0 bridgehead atoms. The average Bonchev–Trinajstić information content (AvgIpc) is 2.75. The average molecular weight is 346 g/mol. The molecule has 2 saturated heterocycles. The van der Waals surface area contributed by atoms with Crippen LogP contribution in [-0.2, 0) is 0 Å². The van der Waals surface area contributed by atoms with E-state index >= 15 is 0 Å². The smallest absolute Gasteiger partial charge is 0.101 e. The van der Waals surface area contributed by atoms with Gasteiger partial charge in [0.2, 0.25) is 0 Å². The van der Waals surface area contributed by atoms with E-state index in [4.69, 9.17) is 5.26 Å². The molecule has 0 saturated carbocycles. The van der Waals surface area contributed by atoms with Crippen molar-refractivity contribution in [3.05, 3.63) is 48.2 Å². The summed E-state index contributed by atoms with van der Waals surface area (Å²) in [4.78, 5) is 9.62. The molecule has 134 valence electrons. The lowest BCUT2D eigenvalue weighted by atomic mass is 9.99. The summed E-state index contributed by atoms with van der Waals surface area (Å²) in [6, 6.07) is 15.3. The zero-order chi connectivity index (χ0) is 17.8. The van der Waals surface area contributed by atoms with Crippen molar-refractivity contribution < 1.29 is 0 Å². The number of nitriles is 1. The maximum absolute atomic E-state index is 8.88. The third kappa shape index (κ3) is 3.73. The number of rotatable bonds is 3. The maximum Gasteiger partial charge on any atom is 0.101 e. The van der Waals surface area contributed by atoms with Gasteiger partial charge in [-0.3, -0.25) is 4.98 Å². The number of aromatic nitrogens is 1. The minimum Gasteiger partial charge on any atom is -0.371 e. The summed E-state index contributed by atoms with van der Waals surface area (Å²) in [6.45, 7) is 4.90. The molecular formula is C22H26N4. The molecule has 2 aliphatic heterocycles. The van der Waals surface area contributed by atoms with Crippen molar-refractivity contribution in [1.29, 1.82) is 5.26 Å². The van der Waals surface area contributed by atoms with E-state index < -0.39 is 0 Å². The zero-order valence-electron chi connectivity index (χ0n) is 15.3. The van der Waals surface area contributed by atoms with Gasteiger partial charge in [-0.25, -0.2) is 0 Å². The molecule has 2 fully saturated rings. The van der Waals surface area contributed by atoms with E-state index in [1.54, 1.807) is 6.20 Å². The van der Waals surface area contributed by atoms with Crippen LogP contribution in [0.15, 0.2) is 42.6 Å². The molecule has 4 nitrogen and oxygen atoms in total. The molecule has 0 aliphatic carbocycles. The standard InChI is InChI=1S/C22H26N4/c23-16-18-4-9-22(24-17-18)19-5-7-20(8-6-19)26-14-10-21(11-15-26)25-12-2-1-3-13-25/h4-9,17,21H,1-3,10-15H2. The summed E-state index contributed by atoms with van der Waals surface area (Å²) in [7, 11) is 0. The second kappa shape index (κ2) is 7.88. The Labute approximate surface area is 156 Å². The second-order valence-corrected chi connectivity index (χ2v) is 7.41. The molecule has 2 aromatic rings. The minimum atomic E-state index is 0.599. The van der Waals surface area contributed by atoms with E-state index in [2.05, 4.69) is 45.1 Å². The Bertz CT molecular complexity index is 746. The lowest BCUT2D eigenvalue weighted by Gasteiger charge is -2.41. The summed E-state index contributed by atoms with van der Waals surface area (Å²) in [5, 5.41) is 8.88. The lowest BCUT2D eigenvalue weighted by molar-refractivity contribution is 0.141. The van der Waals surface area contributed by atoms with E-state index in [-0.39, 0.29) is 0 Å². The van der Waals surface area contributed by atoms with Crippen molar-refractivity contribution in [3.63, 3.8) is 0 Å². The summed E-state index contributed by atoms with van der Waals surface area (Å²) in [5.41, 5.74) is 3.92. The molecule has 0 radical (unpaired) electrons. The summed E-state index contributed by atoms with van der Waals surface area (Å²) in [5.74, 6) is 0. The van der Waals surface area contributed by atoms with Crippen LogP contribution in [0.25, 0.3) is 11.3 Å². The molecule has 0 unspecified atom stereocenters. The fourth-order valence-corrected chi connectivity index (χ4v) is 4.25. The number of anilines is 1. The molecule has 0 spiro atoms. The number of nitrogens with zero attached hydrogens (tertiary/aromatic N) is 4. The van der Waals surface area contributed by atoms with Crippen LogP contribution in [0, 0.1) is 11.3 Å². The Kier molecular flexibility index (Phi) is 5.17. The highest BCUT2D eigenvalue weighted by Gasteiger charge is 2.25. The van der Waals surface area contributed by atoms with Crippen LogP contribution < -0.4 is 4.90 Å². The maximum atomic E-state index is 8.88. The third-order valence-corrected chi connectivity index (χ3v) is 5.79. The van der Waals surface area contributed by atoms with E-state index in [9.17, 15) is 0 Å². The van der Waals surface area contributed by atoms with Gasteiger partial charge in [-0.05, 0) is 63.0 Å². The van der Waals surface area contributed by atoms with E-state index in [0.29, 0.717) is 5.56 Å². The van der Waals surface area contributed by atoms with Crippen LogP contribution in [-0.4, -0.2) is 42.1 Å². The lowest BCUT2D eigenvalue weighted by Crippen LogP contribution is -2.46. The Balaban J connectivity index is 1.37. The SMILES string of the molecule is N#Cc1ccc(-c2ccc(N3CCC(N4CCCCC4)CC3)cc2)nc1. The summed E-state index contributed by atoms with van der Waals surface area (Å²) >= 11 is 0. The summed E-state index contributed by atoms with van der Waals surface area (Å²) < 4.78 is 0.